The molecule has 0 radical (unpaired) electrons. The van der Waals surface area contributed by atoms with E-state index in [1.54, 1.807) is 0 Å². The van der Waals surface area contributed by atoms with E-state index in [0.29, 0.717) is 6.61 Å². The second-order valence-electron chi connectivity index (χ2n) is 9.03. The van der Waals surface area contributed by atoms with E-state index in [9.17, 15) is 0 Å². The van der Waals surface area contributed by atoms with E-state index in [0.717, 1.165) is 26.2 Å². The number of imidazole rings is 1. The van der Waals surface area contributed by atoms with Gasteiger partial charge in [-0.1, -0.05) is 97.3 Å². The summed E-state index contributed by atoms with van der Waals surface area (Å²) in [6, 6.07) is 0. The van der Waals surface area contributed by atoms with Crippen molar-refractivity contribution in [3.05, 3.63) is 18.7 Å². The Balaban J connectivity index is 0.00000170. The van der Waals surface area contributed by atoms with Gasteiger partial charge in [0.1, 0.15) is 0 Å². The lowest BCUT2D eigenvalue weighted by Gasteiger charge is -2.19. The number of hydrogen-bond acceptors (Lipinski definition) is 5. The van der Waals surface area contributed by atoms with Gasteiger partial charge < -0.3 is 24.3 Å². The minimum Gasteiger partial charge on any atom is -0.473 e. The summed E-state index contributed by atoms with van der Waals surface area (Å²) in [5.74, 6) is -3.65. The highest BCUT2D eigenvalue weighted by Gasteiger charge is 2.10. The SMILES string of the molecule is CCCCCCCCCCCCOCC(Cn1ccnc1)OCCCCCCC.O=C(O)C(=O)O. The Morgan fingerprint density at radius 1 is 0.771 bits per heavy atom. The van der Waals surface area contributed by atoms with Gasteiger partial charge in [-0.15, -0.1) is 0 Å². The average molecular weight is 499 g/mol. The van der Waals surface area contributed by atoms with Crippen LogP contribution >= 0.6 is 0 Å². The van der Waals surface area contributed by atoms with Crippen LogP contribution in [0.4, 0.5) is 0 Å². The molecule has 1 unspecified atom stereocenters. The Morgan fingerprint density at radius 2 is 1.26 bits per heavy atom. The summed E-state index contributed by atoms with van der Waals surface area (Å²) < 4.78 is 14.2. The maximum absolute atomic E-state index is 9.10. The van der Waals surface area contributed by atoms with Crippen molar-refractivity contribution in [3.8, 4) is 0 Å². The normalized spacial score (nSPS) is 11.6. The van der Waals surface area contributed by atoms with Crippen LogP contribution in [-0.4, -0.2) is 57.6 Å². The summed E-state index contributed by atoms with van der Waals surface area (Å²) in [4.78, 5) is 22.3. The van der Waals surface area contributed by atoms with Gasteiger partial charge in [0.15, 0.2) is 0 Å². The summed E-state index contributed by atoms with van der Waals surface area (Å²) in [7, 11) is 0. The minimum atomic E-state index is -1.82. The fourth-order valence-corrected chi connectivity index (χ4v) is 3.65. The number of carboxylic acids is 2. The van der Waals surface area contributed by atoms with Crippen LogP contribution in [0.5, 0.6) is 0 Å². The van der Waals surface area contributed by atoms with Crippen LogP contribution < -0.4 is 0 Å². The number of nitrogens with zero attached hydrogens (tertiary/aromatic N) is 2. The molecule has 1 atom stereocenters. The summed E-state index contributed by atoms with van der Waals surface area (Å²) >= 11 is 0. The van der Waals surface area contributed by atoms with Crippen molar-refractivity contribution in [3.63, 3.8) is 0 Å². The third kappa shape index (κ3) is 23.6. The number of ether oxygens (including phenoxy) is 2. The molecule has 0 aliphatic rings. The van der Waals surface area contributed by atoms with Gasteiger partial charge in [-0.3, -0.25) is 0 Å². The maximum Gasteiger partial charge on any atom is 0.414 e. The molecule has 2 N–H and O–H groups in total. The van der Waals surface area contributed by atoms with Gasteiger partial charge >= 0.3 is 11.9 Å². The molecule has 0 fully saturated rings. The number of carboxylic acid groups (broad SMARTS) is 2. The molecular formula is C27H50N2O6. The lowest BCUT2D eigenvalue weighted by molar-refractivity contribution is -0.159. The van der Waals surface area contributed by atoms with Gasteiger partial charge in [0, 0.05) is 25.6 Å². The summed E-state index contributed by atoms with van der Waals surface area (Å²) in [6.45, 7) is 7.74. The zero-order valence-electron chi connectivity index (χ0n) is 22.2. The third-order valence-corrected chi connectivity index (χ3v) is 5.70. The second-order valence-corrected chi connectivity index (χ2v) is 9.03. The molecule has 0 aliphatic heterocycles. The van der Waals surface area contributed by atoms with Gasteiger partial charge in [-0.05, 0) is 12.8 Å². The molecular weight excluding hydrogens is 448 g/mol. The van der Waals surface area contributed by atoms with Crippen LogP contribution in [-0.2, 0) is 25.6 Å². The smallest absolute Gasteiger partial charge is 0.414 e. The third-order valence-electron chi connectivity index (χ3n) is 5.70. The molecule has 1 heterocycles. The molecule has 8 heteroatoms. The number of aromatic nitrogens is 2. The van der Waals surface area contributed by atoms with Gasteiger partial charge in [0.25, 0.3) is 0 Å². The van der Waals surface area contributed by atoms with Crippen LogP contribution in [0.25, 0.3) is 0 Å². The van der Waals surface area contributed by atoms with Crippen molar-refractivity contribution in [1.82, 2.24) is 9.55 Å². The number of rotatable bonds is 22. The molecule has 0 aliphatic carbocycles. The number of hydrogen-bond donors (Lipinski definition) is 2. The zero-order chi connectivity index (χ0) is 26.0. The van der Waals surface area contributed by atoms with Crippen molar-refractivity contribution in [2.75, 3.05) is 19.8 Å². The van der Waals surface area contributed by atoms with Crippen molar-refractivity contribution in [2.45, 2.75) is 123 Å². The van der Waals surface area contributed by atoms with E-state index < -0.39 is 11.9 Å². The van der Waals surface area contributed by atoms with E-state index in [2.05, 4.69) is 23.4 Å². The highest BCUT2D eigenvalue weighted by molar-refractivity contribution is 6.27. The monoisotopic (exact) mass is 498 g/mol. The molecule has 0 saturated carbocycles. The predicted molar refractivity (Wildman–Crippen MR) is 139 cm³/mol. The van der Waals surface area contributed by atoms with Crippen molar-refractivity contribution < 1.29 is 29.3 Å². The maximum atomic E-state index is 9.10. The first kappa shape index (κ1) is 33.1. The zero-order valence-corrected chi connectivity index (χ0v) is 22.2. The first-order valence-electron chi connectivity index (χ1n) is 13.6. The van der Waals surface area contributed by atoms with E-state index in [1.165, 1.54) is 89.9 Å². The van der Waals surface area contributed by atoms with E-state index in [-0.39, 0.29) is 6.10 Å². The summed E-state index contributed by atoms with van der Waals surface area (Å²) in [6.07, 6.45) is 25.8. The summed E-state index contributed by atoms with van der Waals surface area (Å²) in [5, 5.41) is 14.8. The highest BCUT2D eigenvalue weighted by Crippen LogP contribution is 2.11. The number of unbranched alkanes of at least 4 members (excludes halogenated alkanes) is 13. The summed E-state index contributed by atoms with van der Waals surface area (Å²) in [5.41, 5.74) is 0. The predicted octanol–water partition coefficient (Wildman–Crippen LogP) is 6.33. The van der Waals surface area contributed by atoms with Gasteiger partial charge in [0.05, 0.1) is 25.6 Å². The Kier molecular flexibility index (Phi) is 23.8. The van der Waals surface area contributed by atoms with Crippen molar-refractivity contribution in [1.29, 1.82) is 0 Å². The minimum absolute atomic E-state index is 0.124. The van der Waals surface area contributed by atoms with Gasteiger partial charge in [0.2, 0.25) is 0 Å². The number of carbonyl (C=O) groups is 2. The average Bonchev–Trinajstić information content (AvgIpc) is 3.35. The second kappa shape index (κ2) is 25.2. The largest absolute Gasteiger partial charge is 0.473 e. The Hall–Kier alpha value is -1.93. The molecule has 0 saturated heterocycles. The number of aliphatic carboxylic acids is 2. The molecule has 204 valence electrons. The molecule has 1 aromatic rings. The Bertz CT molecular complexity index is 583. The van der Waals surface area contributed by atoms with Crippen LogP contribution in [0.15, 0.2) is 18.7 Å². The fraction of sp³-hybridized carbons (Fsp3) is 0.815. The topological polar surface area (TPSA) is 111 Å². The van der Waals surface area contributed by atoms with E-state index >= 15 is 0 Å². The molecule has 0 spiro atoms. The van der Waals surface area contributed by atoms with Gasteiger partial charge in [-0.2, -0.15) is 0 Å². The standard InChI is InChI=1S/C25H48N2O2.C2H2O4/c1-3-5-7-9-10-11-12-13-15-16-20-28-23-25(22-27-19-18-26-24-27)29-21-17-14-8-6-4-2;3-1(4)2(5)6/h18-19,24-25H,3-17,20-23H2,1-2H3;(H,3,4)(H,5,6). The molecule has 1 rings (SSSR count). The molecule has 0 bridgehead atoms. The molecule has 0 amide bonds. The molecule has 1 aromatic heterocycles. The van der Waals surface area contributed by atoms with Crippen LogP contribution in [0.3, 0.4) is 0 Å². The fourth-order valence-electron chi connectivity index (χ4n) is 3.65. The van der Waals surface area contributed by atoms with E-state index in [1.807, 2.05) is 18.7 Å². The first-order chi connectivity index (χ1) is 17.0. The Morgan fingerprint density at radius 3 is 1.71 bits per heavy atom. The van der Waals surface area contributed by atoms with Crippen LogP contribution in [0.1, 0.15) is 110 Å². The Labute approximate surface area is 212 Å². The van der Waals surface area contributed by atoms with Crippen LogP contribution in [0.2, 0.25) is 0 Å². The first-order valence-corrected chi connectivity index (χ1v) is 13.6. The van der Waals surface area contributed by atoms with Crippen molar-refractivity contribution >= 4 is 11.9 Å². The highest BCUT2D eigenvalue weighted by atomic mass is 16.5. The quantitative estimate of drug-likeness (QED) is 0.142. The van der Waals surface area contributed by atoms with E-state index in [4.69, 9.17) is 29.3 Å². The van der Waals surface area contributed by atoms with Crippen molar-refractivity contribution in [2.24, 2.45) is 0 Å². The molecule has 8 nitrogen and oxygen atoms in total. The lowest BCUT2D eigenvalue weighted by atomic mass is 10.1. The molecule has 0 aromatic carbocycles. The van der Waals surface area contributed by atoms with Crippen LogP contribution in [0, 0.1) is 0 Å². The van der Waals surface area contributed by atoms with Gasteiger partial charge in [-0.25, -0.2) is 14.6 Å². The lowest BCUT2D eigenvalue weighted by Crippen LogP contribution is -2.26. The molecule has 35 heavy (non-hydrogen) atoms.